The Labute approximate surface area is 164 Å². The van der Waals surface area contributed by atoms with Crippen LogP contribution in [0.15, 0.2) is 46.9 Å². The zero-order valence-corrected chi connectivity index (χ0v) is 16.2. The molecule has 1 N–H and O–H groups in total. The van der Waals surface area contributed by atoms with Crippen molar-refractivity contribution in [2.45, 2.75) is 19.4 Å². The molecule has 1 aromatic heterocycles. The number of anilines is 1. The average molecular weight is 380 g/mol. The van der Waals surface area contributed by atoms with E-state index in [1.807, 2.05) is 18.2 Å². The van der Waals surface area contributed by atoms with Crippen LogP contribution in [0.2, 0.25) is 0 Å². The minimum atomic E-state index is -0.324. The number of para-hydroxylation sites is 2. The lowest BCUT2D eigenvalue weighted by Crippen LogP contribution is -2.18. The fourth-order valence-corrected chi connectivity index (χ4v) is 3.68. The van der Waals surface area contributed by atoms with Gasteiger partial charge < -0.3 is 19.2 Å². The minimum Gasteiger partial charge on any atom is -0.495 e. The molecule has 2 heterocycles. The molecule has 3 aromatic rings. The van der Waals surface area contributed by atoms with Crippen LogP contribution in [0.5, 0.6) is 11.5 Å². The van der Waals surface area contributed by atoms with Gasteiger partial charge in [-0.3, -0.25) is 9.69 Å². The number of hydrogen-bond donors (Lipinski definition) is 1. The fourth-order valence-electron chi connectivity index (χ4n) is 3.68. The molecule has 2 aromatic carbocycles. The van der Waals surface area contributed by atoms with Gasteiger partial charge in [0.2, 0.25) is 0 Å². The lowest BCUT2D eigenvalue weighted by molar-refractivity contribution is 0.0998. The van der Waals surface area contributed by atoms with Crippen LogP contribution in [0.25, 0.3) is 11.0 Å². The molecule has 0 radical (unpaired) electrons. The van der Waals surface area contributed by atoms with Gasteiger partial charge in [0.1, 0.15) is 5.75 Å². The highest BCUT2D eigenvalue weighted by Crippen LogP contribution is 2.33. The normalized spacial score (nSPS) is 14.4. The zero-order chi connectivity index (χ0) is 19.5. The number of furan rings is 1. The molecule has 1 aliphatic rings. The molecular formula is C22H24N2O4. The van der Waals surface area contributed by atoms with Crippen molar-refractivity contribution in [3.05, 3.63) is 53.8 Å². The van der Waals surface area contributed by atoms with Crippen LogP contribution in [0.4, 0.5) is 5.69 Å². The predicted molar refractivity (Wildman–Crippen MR) is 108 cm³/mol. The first-order valence-corrected chi connectivity index (χ1v) is 9.45. The third kappa shape index (κ3) is 3.55. The first kappa shape index (κ1) is 18.4. The molecule has 28 heavy (non-hydrogen) atoms. The van der Waals surface area contributed by atoms with E-state index < -0.39 is 0 Å². The summed E-state index contributed by atoms with van der Waals surface area (Å²) in [4.78, 5) is 15.2. The van der Waals surface area contributed by atoms with Gasteiger partial charge in [-0.15, -0.1) is 0 Å². The second-order valence-corrected chi connectivity index (χ2v) is 6.92. The highest BCUT2D eigenvalue weighted by molar-refractivity contribution is 6.06. The lowest BCUT2D eigenvalue weighted by atomic mass is 10.1. The molecule has 6 nitrogen and oxygen atoms in total. The number of benzene rings is 2. The highest BCUT2D eigenvalue weighted by Gasteiger charge is 2.20. The summed E-state index contributed by atoms with van der Waals surface area (Å²) >= 11 is 0. The minimum absolute atomic E-state index is 0.244. The van der Waals surface area contributed by atoms with Gasteiger partial charge in [0.15, 0.2) is 17.1 Å². The van der Waals surface area contributed by atoms with Crippen molar-refractivity contribution in [3.63, 3.8) is 0 Å². The van der Waals surface area contributed by atoms with Gasteiger partial charge in [0.05, 0.1) is 19.9 Å². The molecule has 0 bridgehead atoms. The number of likely N-dealkylation sites (tertiary alicyclic amines) is 1. The second kappa shape index (κ2) is 7.94. The highest BCUT2D eigenvalue weighted by atomic mass is 16.5. The van der Waals surface area contributed by atoms with Crippen molar-refractivity contribution in [3.8, 4) is 11.5 Å². The van der Waals surface area contributed by atoms with Gasteiger partial charge >= 0.3 is 0 Å². The van der Waals surface area contributed by atoms with Crippen LogP contribution >= 0.6 is 0 Å². The molecule has 0 atom stereocenters. The molecule has 1 amide bonds. The van der Waals surface area contributed by atoms with E-state index in [2.05, 4.69) is 16.3 Å². The predicted octanol–water partition coefficient (Wildman–Crippen LogP) is 4.30. The number of carbonyl (C=O) groups excluding carboxylic acids is 1. The van der Waals surface area contributed by atoms with E-state index in [4.69, 9.17) is 13.9 Å². The van der Waals surface area contributed by atoms with Crippen molar-refractivity contribution in [2.75, 3.05) is 32.6 Å². The van der Waals surface area contributed by atoms with E-state index in [-0.39, 0.29) is 11.7 Å². The summed E-state index contributed by atoms with van der Waals surface area (Å²) in [6.45, 7) is 3.05. The fraction of sp³-hybridized carbons (Fsp3) is 0.318. The molecule has 0 saturated carbocycles. The molecule has 1 aliphatic heterocycles. The number of ether oxygens (including phenoxy) is 2. The van der Waals surface area contributed by atoms with Crippen LogP contribution in [0, 0.1) is 0 Å². The molecule has 0 unspecified atom stereocenters. The average Bonchev–Trinajstić information content (AvgIpc) is 3.39. The Kier molecular flexibility index (Phi) is 5.21. The van der Waals surface area contributed by atoms with Crippen molar-refractivity contribution < 1.29 is 18.7 Å². The lowest BCUT2D eigenvalue weighted by Gasteiger charge is -2.15. The van der Waals surface area contributed by atoms with E-state index in [1.54, 1.807) is 32.4 Å². The van der Waals surface area contributed by atoms with E-state index >= 15 is 0 Å². The largest absolute Gasteiger partial charge is 0.495 e. The first-order chi connectivity index (χ1) is 13.7. The summed E-state index contributed by atoms with van der Waals surface area (Å²) in [6, 6.07) is 13.0. The van der Waals surface area contributed by atoms with E-state index in [0.29, 0.717) is 22.8 Å². The van der Waals surface area contributed by atoms with E-state index in [0.717, 1.165) is 30.6 Å². The Morgan fingerprint density at radius 2 is 1.82 bits per heavy atom. The van der Waals surface area contributed by atoms with Gasteiger partial charge in [0.25, 0.3) is 5.91 Å². The number of rotatable bonds is 6. The molecule has 0 spiro atoms. The summed E-state index contributed by atoms with van der Waals surface area (Å²) in [5, 5.41) is 3.77. The third-order valence-electron chi connectivity index (χ3n) is 5.13. The van der Waals surface area contributed by atoms with Gasteiger partial charge in [-0.05, 0) is 55.8 Å². The molecule has 146 valence electrons. The van der Waals surface area contributed by atoms with Crippen LogP contribution in [-0.2, 0) is 6.54 Å². The number of nitrogens with one attached hydrogen (secondary N) is 1. The zero-order valence-electron chi connectivity index (χ0n) is 16.2. The molecule has 6 heteroatoms. The Balaban J connectivity index is 1.66. The van der Waals surface area contributed by atoms with Crippen LogP contribution in [0.1, 0.15) is 29.0 Å². The topological polar surface area (TPSA) is 63.9 Å². The molecule has 0 aliphatic carbocycles. The molecule has 1 fully saturated rings. The summed E-state index contributed by atoms with van der Waals surface area (Å²) in [7, 11) is 3.17. The maximum Gasteiger partial charge on any atom is 0.291 e. The van der Waals surface area contributed by atoms with Gasteiger partial charge in [-0.1, -0.05) is 18.2 Å². The third-order valence-corrected chi connectivity index (χ3v) is 5.13. The number of carbonyl (C=O) groups is 1. The molecule has 4 rings (SSSR count). The van der Waals surface area contributed by atoms with Gasteiger partial charge in [-0.25, -0.2) is 0 Å². The number of hydrogen-bond acceptors (Lipinski definition) is 5. The number of amides is 1. The summed E-state index contributed by atoms with van der Waals surface area (Å²) < 4.78 is 16.6. The second-order valence-electron chi connectivity index (χ2n) is 6.92. The monoisotopic (exact) mass is 380 g/mol. The van der Waals surface area contributed by atoms with Crippen LogP contribution in [0.3, 0.4) is 0 Å². The summed E-state index contributed by atoms with van der Waals surface area (Å²) in [5.41, 5.74) is 2.34. The number of methoxy groups -OCH3 is 2. The summed E-state index contributed by atoms with van der Waals surface area (Å²) in [6.07, 6.45) is 2.47. The standard InChI is InChI=1S/C22H24N2O4/c1-26-18-8-4-3-7-17(18)23-22(25)20-13-16-15(14-24-11-5-6-12-24)9-10-19(27-2)21(16)28-20/h3-4,7-10,13H,5-6,11-12,14H2,1-2H3,(H,23,25). The van der Waals surface area contributed by atoms with Crippen LogP contribution < -0.4 is 14.8 Å². The van der Waals surface area contributed by atoms with Gasteiger partial charge in [-0.2, -0.15) is 0 Å². The first-order valence-electron chi connectivity index (χ1n) is 9.45. The van der Waals surface area contributed by atoms with Gasteiger partial charge in [0, 0.05) is 11.9 Å². The Hall–Kier alpha value is -2.99. The maximum absolute atomic E-state index is 12.8. The van der Waals surface area contributed by atoms with E-state index in [9.17, 15) is 4.79 Å². The van der Waals surface area contributed by atoms with Crippen molar-refractivity contribution in [2.24, 2.45) is 0 Å². The number of nitrogens with zero attached hydrogens (tertiary/aromatic N) is 1. The smallest absolute Gasteiger partial charge is 0.291 e. The van der Waals surface area contributed by atoms with Crippen molar-refractivity contribution >= 4 is 22.6 Å². The van der Waals surface area contributed by atoms with Crippen molar-refractivity contribution in [1.29, 1.82) is 0 Å². The van der Waals surface area contributed by atoms with E-state index in [1.165, 1.54) is 12.8 Å². The van der Waals surface area contributed by atoms with Crippen molar-refractivity contribution in [1.82, 2.24) is 4.90 Å². The molecular weight excluding hydrogens is 356 g/mol. The maximum atomic E-state index is 12.8. The Morgan fingerprint density at radius 3 is 2.57 bits per heavy atom. The number of fused-ring (bicyclic) bond motifs is 1. The quantitative estimate of drug-likeness (QED) is 0.691. The Morgan fingerprint density at radius 1 is 1.07 bits per heavy atom. The summed E-state index contributed by atoms with van der Waals surface area (Å²) in [5.74, 6) is 1.14. The SMILES string of the molecule is COc1ccccc1NC(=O)c1cc2c(CN3CCCC3)ccc(OC)c2o1. The van der Waals surface area contributed by atoms with Crippen LogP contribution in [-0.4, -0.2) is 38.1 Å². The molecule has 1 saturated heterocycles. The Bertz CT molecular complexity index is 989.